The zero-order valence-electron chi connectivity index (χ0n) is 8.81. The van der Waals surface area contributed by atoms with Crippen molar-refractivity contribution in [2.24, 2.45) is 0 Å². The third kappa shape index (κ3) is 2.84. The summed E-state index contributed by atoms with van der Waals surface area (Å²) in [6.07, 6.45) is 3.89. The van der Waals surface area contributed by atoms with Gasteiger partial charge in [0.15, 0.2) is 0 Å². The topological polar surface area (TPSA) is 49.4 Å². The maximum absolute atomic E-state index is 12.1. The lowest BCUT2D eigenvalue weighted by Gasteiger charge is -2.29. The third-order valence-corrected chi connectivity index (χ3v) is 5.56. The van der Waals surface area contributed by atoms with Gasteiger partial charge in [-0.3, -0.25) is 0 Å². The fraction of sp³-hybridized carbons (Fsp3) is 1.00. The van der Waals surface area contributed by atoms with Gasteiger partial charge in [0.2, 0.25) is 10.0 Å². The van der Waals surface area contributed by atoms with E-state index in [4.69, 9.17) is 0 Å². The fourth-order valence-corrected chi connectivity index (χ4v) is 4.34. The minimum atomic E-state index is -2.97. The van der Waals surface area contributed by atoms with Gasteiger partial charge in [0.1, 0.15) is 0 Å². The highest BCUT2D eigenvalue weighted by Crippen LogP contribution is 2.27. The Morgan fingerprint density at radius 1 is 1.07 bits per heavy atom. The molecule has 0 radical (unpaired) electrons. The lowest BCUT2D eigenvalue weighted by atomic mass is 10.4. The van der Waals surface area contributed by atoms with Gasteiger partial charge in [0.05, 0.1) is 5.25 Å². The lowest BCUT2D eigenvalue weighted by molar-refractivity contribution is 0.355. The largest absolute Gasteiger partial charge is 0.314 e. The normalized spacial score (nSPS) is 25.1. The standard InChI is InChI=1S/C9H18N2O2S.ClH/c12-14(13,9-3-1-2-4-9)11-7-5-10-6-8-11;/h9-10H,1-8H2;1H. The predicted octanol–water partition coefficient (Wildman–Crippen LogP) is 0.586. The monoisotopic (exact) mass is 254 g/mol. The summed E-state index contributed by atoms with van der Waals surface area (Å²) < 4.78 is 25.8. The molecule has 1 aliphatic carbocycles. The van der Waals surface area contributed by atoms with Gasteiger partial charge in [-0.2, -0.15) is 4.31 Å². The lowest BCUT2D eigenvalue weighted by Crippen LogP contribution is -2.48. The minimum Gasteiger partial charge on any atom is -0.314 e. The summed E-state index contributed by atoms with van der Waals surface area (Å²) in [7, 11) is -2.97. The van der Waals surface area contributed by atoms with Crippen molar-refractivity contribution < 1.29 is 8.42 Å². The van der Waals surface area contributed by atoms with E-state index in [1.165, 1.54) is 0 Å². The average molecular weight is 255 g/mol. The van der Waals surface area contributed by atoms with Gasteiger partial charge in [-0.15, -0.1) is 12.4 Å². The molecule has 0 aromatic rings. The summed E-state index contributed by atoms with van der Waals surface area (Å²) >= 11 is 0. The number of hydrogen-bond acceptors (Lipinski definition) is 3. The highest BCUT2D eigenvalue weighted by atomic mass is 35.5. The van der Waals surface area contributed by atoms with Gasteiger partial charge in [-0.05, 0) is 12.8 Å². The molecule has 1 heterocycles. The van der Waals surface area contributed by atoms with Crippen molar-refractivity contribution in [3.05, 3.63) is 0 Å². The molecule has 1 saturated carbocycles. The van der Waals surface area contributed by atoms with Crippen LogP contribution in [0.15, 0.2) is 0 Å². The van der Waals surface area contributed by atoms with Crippen molar-refractivity contribution >= 4 is 22.4 Å². The molecule has 90 valence electrons. The second kappa shape index (κ2) is 5.48. The second-order valence-electron chi connectivity index (χ2n) is 4.10. The molecule has 0 aromatic heterocycles. The van der Waals surface area contributed by atoms with Crippen molar-refractivity contribution in [1.82, 2.24) is 9.62 Å². The maximum Gasteiger partial charge on any atom is 0.217 e. The van der Waals surface area contributed by atoms with Crippen LogP contribution in [0.25, 0.3) is 0 Å². The van der Waals surface area contributed by atoms with Crippen molar-refractivity contribution in [2.45, 2.75) is 30.9 Å². The first-order chi connectivity index (χ1) is 6.71. The summed E-state index contributed by atoms with van der Waals surface area (Å²) in [5.41, 5.74) is 0. The van der Waals surface area contributed by atoms with Gasteiger partial charge in [0, 0.05) is 26.2 Å². The zero-order chi connectivity index (χ0) is 10.0. The van der Waals surface area contributed by atoms with Crippen LogP contribution in [-0.2, 0) is 10.0 Å². The van der Waals surface area contributed by atoms with Gasteiger partial charge in [-0.1, -0.05) is 12.8 Å². The van der Waals surface area contributed by atoms with E-state index in [1.54, 1.807) is 4.31 Å². The van der Waals surface area contributed by atoms with Gasteiger partial charge in [-0.25, -0.2) is 8.42 Å². The van der Waals surface area contributed by atoms with E-state index in [2.05, 4.69) is 5.32 Å². The van der Waals surface area contributed by atoms with E-state index in [0.717, 1.165) is 38.8 Å². The smallest absolute Gasteiger partial charge is 0.217 e. The molecule has 1 saturated heterocycles. The van der Waals surface area contributed by atoms with E-state index in [0.29, 0.717) is 13.1 Å². The van der Waals surface area contributed by atoms with Crippen molar-refractivity contribution in [1.29, 1.82) is 0 Å². The summed E-state index contributed by atoms with van der Waals surface area (Å²) in [5.74, 6) is 0. The molecule has 15 heavy (non-hydrogen) atoms. The predicted molar refractivity (Wildman–Crippen MR) is 62.9 cm³/mol. The van der Waals surface area contributed by atoms with Crippen LogP contribution in [0, 0.1) is 0 Å². The molecule has 0 aromatic carbocycles. The average Bonchev–Trinajstić information content (AvgIpc) is 2.72. The van der Waals surface area contributed by atoms with Gasteiger partial charge in [0.25, 0.3) is 0 Å². The van der Waals surface area contributed by atoms with Gasteiger partial charge < -0.3 is 5.32 Å². The minimum absolute atomic E-state index is 0. The molecule has 6 heteroatoms. The Hall–Kier alpha value is 0.160. The summed E-state index contributed by atoms with van der Waals surface area (Å²) in [4.78, 5) is 0. The van der Waals surface area contributed by atoms with E-state index < -0.39 is 10.0 Å². The quantitative estimate of drug-likeness (QED) is 0.785. The Morgan fingerprint density at radius 2 is 1.60 bits per heavy atom. The van der Waals surface area contributed by atoms with E-state index in [-0.39, 0.29) is 17.7 Å². The summed E-state index contributed by atoms with van der Waals surface area (Å²) in [5, 5.41) is 3.09. The van der Waals surface area contributed by atoms with Crippen LogP contribution in [0.5, 0.6) is 0 Å². The van der Waals surface area contributed by atoms with Crippen LogP contribution >= 0.6 is 12.4 Å². The molecule has 1 N–H and O–H groups in total. The highest BCUT2D eigenvalue weighted by Gasteiger charge is 2.34. The Balaban J connectivity index is 0.00000112. The van der Waals surface area contributed by atoms with Crippen LogP contribution in [0.3, 0.4) is 0 Å². The molecule has 1 aliphatic heterocycles. The number of hydrogen-bond donors (Lipinski definition) is 1. The van der Waals surface area contributed by atoms with Gasteiger partial charge >= 0.3 is 0 Å². The van der Waals surface area contributed by atoms with Crippen LogP contribution < -0.4 is 5.32 Å². The molecular weight excluding hydrogens is 236 g/mol. The molecule has 2 rings (SSSR count). The first kappa shape index (κ1) is 13.2. The number of nitrogens with one attached hydrogen (secondary N) is 1. The Labute approximate surface area is 97.9 Å². The van der Waals surface area contributed by atoms with Crippen LogP contribution in [-0.4, -0.2) is 44.2 Å². The molecule has 4 nitrogen and oxygen atoms in total. The van der Waals surface area contributed by atoms with Crippen molar-refractivity contribution in [2.75, 3.05) is 26.2 Å². The molecular formula is C9H19ClN2O2S. The number of nitrogens with zero attached hydrogens (tertiary/aromatic N) is 1. The fourth-order valence-electron chi connectivity index (χ4n) is 2.30. The molecule has 2 fully saturated rings. The highest BCUT2D eigenvalue weighted by molar-refractivity contribution is 7.89. The molecule has 0 unspecified atom stereocenters. The summed E-state index contributed by atoms with van der Waals surface area (Å²) in [6, 6.07) is 0. The second-order valence-corrected chi connectivity index (χ2v) is 6.31. The molecule has 0 bridgehead atoms. The van der Waals surface area contributed by atoms with Crippen molar-refractivity contribution in [3.63, 3.8) is 0 Å². The van der Waals surface area contributed by atoms with E-state index in [1.807, 2.05) is 0 Å². The first-order valence-corrected chi connectivity index (χ1v) is 6.91. The Bertz CT molecular complexity index is 282. The van der Waals surface area contributed by atoms with Crippen molar-refractivity contribution in [3.8, 4) is 0 Å². The van der Waals surface area contributed by atoms with Crippen LogP contribution in [0.1, 0.15) is 25.7 Å². The molecule has 0 atom stereocenters. The number of halogens is 1. The number of sulfonamides is 1. The molecule has 0 amide bonds. The summed E-state index contributed by atoms with van der Waals surface area (Å²) in [6.45, 7) is 2.90. The van der Waals surface area contributed by atoms with E-state index >= 15 is 0 Å². The first-order valence-electron chi connectivity index (χ1n) is 5.41. The SMILES string of the molecule is Cl.O=S(=O)(C1CCCC1)N1CCNCC1. The molecule has 2 aliphatic rings. The van der Waals surface area contributed by atoms with Crippen LogP contribution in [0.4, 0.5) is 0 Å². The zero-order valence-corrected chi connectivity index (χ0v) is 10.4. The number of rotatable bonds is 2. The Morgan fingerprint density at radius 3 is 2.13 bits per heavy atom. The Kier molecular flexibility index (Phi) is 4.83. The number of piperazine rings is 1. The third-order valence-electron chi connectivity index (χ3n) is 3.16. The van der Waals surface area contributed by atoms with E-state index in [9.17, 15) is 8.42 Å². The maximum atomic E-state index is 12.1. The van der Waals surface area contributed by atoms with Crippen LogP contribution in [0.2, 0.25) is 0 Å². The molecule has 0 spiro atoms.